The number of aliphatic hydroxyl groups excluding tert-OH is 1. The minimum Gasteiger partial charge on any atom is -0.393 e. The molecule has 1 fully saturated rings. The Morgan fingerprint density at radius 2 is 2.29 bits per heavy atom. The third-order valence-electron chi connectivity index (χ3n) is 3.86. The molecule has 0 bridgehead atoms. The number of carbonyl (C=O) groups excluding carboxylic acids is 1. The van der Waals surface area contributed by atoms with Crippen molar-refractivity contribution < 1.29 is 14.5 Å². The molecule has 1 atom stereocenters. The SMILES string of the molecule is Cc1nonc1C(=O)NC(c1cnn(C)c1)C1CC(O)C1. The quantitative estimate of drug-likeness (QED) is 0.842. The highest BCUT2D eigenvalue weighted by molar-refractivity contribution is 5.93. The van der Waals surface area contributed by atoms with Gasteiger partial charge in [-0.05, 0) is 30.8 Å². The van der Waals surface area contributed by atoms with E-state index < -0.39 is 0 Å². The summed E-state index contributed by atoms with van der Waals surface area (Å²) in [6.45, 7) is 1.66. The van der Waals surface area contributed by atoms with E-state index in [2.05, 4.69) is 25.4 Å². The monoisotopic (exact) mass is 291 g/mol. The van der Waals surface area contributed by atoms with Gasteiger partial charge in [0.1, 0.15) is 5.69 Å². The second-order valence-corrected chi connectivity index (χ2v) is 5.48. The first kappa shape index (κ1) is 13.7. The molecule has 0 radical (unpaired) electrons. The van der Waals surface area contributed by atoms with Gasteiger partial charge in [-0.1, -0.05) is 5.16 Å². The lowest BCUT2D eigenvalue weighted by atomic mass is 9.75. The van der Waals surface area contributed by atoms with Gasteiger partial charge >= 0.3 is 0 Å². The van der Waals surface area contributed by atoms with Crippen LogP contribution in [-0.2, 0) is 7.05 Å². The molecule has 0 saturated heterocycles. The molecule has 0 spiro atoms. The van der Waals surface area contributed by atoms with Crippen LogP contribution in [0.1, 0.15) is 40.6 Å². The molecule has 1 saturated carbocycles. The number of carbonyl (C=O) groups is 1. The summed E-state index contributed by atoms with van der Waals surface area (Å²) in [5.41, 5.74) is 1.55. The highest BCUT2D eigenvalue weighted by Gasteiger charge is 2.36. The summed E-state index contributed by atoms with van der Waals surface area (Å²) < 4.78 is 6.25. The van der Waals surface area contributed by atoms with E-state index in [-0.39, 0.29) is 29.7 Å². The Balaban J connectivity index is 1.79. The van der Waals surface area contributed by atoms with Crippen molar-refractivity contribution in [3.8, 4) is 0 Å². The van der Waals surface area contributed by atoms with Crippen molar-refractivity contribution in [2.75, 3.05) is 0 Å². The molecule has 0 aromatic carbocycles. The van der Waals surface area contributed by atoms with Crippen molar-refractivity contribution >= 4 is 5.91 Å². The number of nitrogens with one attached hydrogen (secondary N) is 1. The second-order valence-electron chi connectivity index (χ2n) is 5.48. The van der Waals surface area contributed by atoms with Gasteiger partial charge in [0.05, 0.1) is 18.3 Å². The second kappa shape index (κ2) is 5.28. The molecule has 21 heavy (non-hydrogen) atoms. The van der Waals surface area contributed by atoms with Crippen LogP contribution >= 0.6 is 0 Å². The molecule has 1 amide bonds. The summed E-state index contributed by atoms with van der Waals surface area (Å²) in [4.78, 5) is 12.3. The van der Waals surface area contributed by atoms with Crippen LogP contribution in [0.5, 0.6) is 0 Å². The predicted octanol–water partition coefficient (Wildman–Crippen LogP) is 0.354. The van der Waals surface area contributed by atoms with Gasteiger partial charge in [-0.2, -0.15) is 5.10 Å². The van der Waals surface area contributed by atoms with Crippen molar-refractivity contribution in [1.82, 2.24) is 25.4 Å². The van der Waals surface area contributed by atoms with Crippen LogP contribution < -0.4 is 5.32 Å². The standard InChI is InChI=1S/C13H17N5O3/c1-7-11(17-21-16-7)13(20)15-12(8-3-10(19)4-8)9-5-14-18(2)6-9/h5-6,8,10,12,19H,3-4H2,1-2H3,(H,15,20). The van der Waals surface area contributed by atoms with Gasteiger partial charge < -0.3 is 10.4 Å². The Kier molecular flexibility index (Phi) is 3.46. The molecular formula is C13H17N5O3. The Morgan fingerprint density at radius 1 is 1.52 bits per heavy atom. The minimum atomic E-state index is -0.330. The van der Waals surface area contributed by atoms with E-state index in [0.717, 1.165) is 5.56 Å². The summed E-state index contributed by atoms with van der Waals surface area (Å²) in [6, 6.07) is -0.203. The van der Waals surface area contributed by atoms with E-state index in [1.807, 2.05) is 13.2 Å². The van der Waals surface area contributed by atoms with Crippen molar-refractivity contribution in [1.29, 1.82) is 0 Å². The van der Waals surface area contributed by atoms with Gasteiger partial charge in [-0.15, -0.1) is 0 Å². The van der Waals surface area contributed by atoms with E-state index in [1.165, 1.54) is 0 Å². The van der Waals surface area contributed by atoms with E-state index in [9.17, 15) is 9.90 Å². The van der Waals surface area contributed by atoms with Gasteiger partial charge in [0.15, 0.2) is 5.69 Å². The number of nitrogens with zero attached hydrogens (tertiary/aromatic N) is 4. The van der Waals surface area contributed by atoms with Gasteiger partial charge in [0.25, 0.3) is 5.91 Å². The molecule has 112 valence electrons. The number of rotatable bonds is 4. The van der Waals surface area contributed by atoms with Gasteiger partial charge in [0, 0.05) is 18.8 Å². The van der Waals surface area contributed by atoms with Crippen LogP contribution in [0.25, 0.3) is 0 Å². The molecule has 3 rings (SSSR count). The topological polar surface area (TPSA) is 106 Å². The van der Waals surface area contributed by atoms with Crippen LogP contribution in [0.2, 0.25) is 0 Å². The molecule has 8 heteroatoms. The van der Waals surface area contributed by atoms with Gasteiger partial charge in [0.2, 0.25) is 0 Å². The molecular weight excluding hydrogens is 274 g/mol. The van der Waals surface area contributed by atoms with Crippen LogP contribution in [-0.4, -0.2) is 37.2 Å². The molecule has 1 unspecified atom stereocenters. The van der Waals surface area contributed by atoms with E-state index >= 15 is 0 Å². The van der Waals surface area contributed by atoms with E-state index in [4.69, 9.17) is 0 Å². The first-order valence-electron chi connectivity index (χ1n) is 6.81. The van der Waals surface area contributed by atoms with Crippen LogP contribution in [0, 0.1) is 12.8 Å². The Bertz CT molecular complexity index is 644. The third kappa shape index (κ3) is 2.66. The largest absolute Gasteiger partial charge is 0.393 e. The van der Waals surface area contributed by atoms with Crippen molar-refractivity contribution in [3.05, 3.63) is 29.3 Å². The maximum Gasteiger partial charge on any atom is 0.275 e. The van der Waals surface area contributed by atoms with Crippen molar-refractivity contribution in [2.45, 2.75) is 31.9 Å². The predicted molar refractivity (Wildman–Crippen MR) is 71.2 cm³/mol. The van der Waals surface area contributed by atoms with Crippen molar-refractivity contribution in [3.63, 3.8) is 0 Å². The Labute approximate surface area is 121 Å². The van der Waals surface area contributed by atoms with Crippen LogP contribution in [0.15, 0.2) is 17.0 Å². The first-order valence-corrected chi connectivity index (χ1v) is 6.81. The maximum atomic E-state index is 12.3. The molecule has 1 aliphatic rings. The number of hydrogen-bond donors (Lipinski definition) is 2. The zero-order valence-electron chi connectivity index (χ0n) is 11.9. The Morgan fingerprint density at radius 3 is 2.81 bits per heavy atom. The number of aryl methyl sites for hydroxylation is 2. The smallest absolute Gasteiger partial charge is 0.275 e. The molecule has 2 N–H and O–H groups in total. The average molecular weight is 291 g/mol. The number of hydrogen-bond acceptors (Lipinski definition) is 6. The van der Waals surface area contributed by atoms with Gasteiger partial charge in [-0.3, -0.25) is 9.48 Å². The lowest BCUT2D eigenvalue weighted by Gasteiger charge is -2.37. The molecule has 8 nitrogen and oxygen atoms in total. The molecule has 2 heterocycles. The lowest BCUT2D eigenvalue weighted by Crippen LogP contribution is -2.41. The molecule has 2 aromatic heterocycles. The highest BCUT2D eigenvalue weighted by Crippen LogP contribution is 2.38. The molecule has 1 aliphatic carbocycles. The summed E-state index contributed by atoms with van der Waals surface area (Å²) in [5.74, 6) is -0.141. The highest BCUT2D eigenvalue weighted by atomic mass is 16.6. The fourth-order valence-corrected chi connectivity index (χ4v) is 2.62. The Hall–Kier alpha value is -2.22. The zero-order valence-corrected chi connectivity index (χ0v) is 11.9. The minimum absolute atomic E-state index is 0.184. The summed E-state index contributed by atoms with van der Waals surface area (Å²) in [5, 5.41) is 23.8. The fraction of sp³-hybridized carbons (Fsp3) is 0.538. The first-order chi connectivity index (χ1) is 10.0. The van der Waals surface area contributed by atoms with E-state index in [1.54, 1.807) is 17.8 Å². The van der Waals surface area contributed by atoms with Crippen molar-refractivity contribution in [2.24, 2.45) is 13.0 Å². The third-order valence-corrected chi connectivity index (χ3v) is 3.86. The fourth-order valence-electron chi connectivity index (χ4n) is 2.62. The summed E-state index contributed by atoms with van der Waals surface area (Å²) in [6.07, 6.45) is 4.63. The average Bonchev–Trinajstić information content (AvgIpc) is 3.01. The number of aliphatic hydroxyl groups is 1. The molecule has 2 aromatic rings. The normalized spacial score (nSPS) is 22.6. The lowest BCUT2D eigenvalue weighted by molar-refractivity contribution is 0.0234. The number of aromatic nitrogens is 4. The summed E-state index contributed by atoms with van der Waals surface area (Å²) >= 11 is 0. The van der Waals surface area contributed by atoms with E-state index in [0.29, 0.717) is 18.5 Å². The van der Waals surface area contributed by atoms with Crippen LogP contribution in [0.3, 0.4) is 0 Å². The zero-order chi connectivity index (χ0) is 15.0. The maximum absolute atomic E-state index is 12.3. The van der Waals surface area contributed by atoms with Crippen LogP contribution in [0.4, 0.5) is 0 Å². The number of amides is 1. The molecule has 0 aliphatic heterocycles. The summed E-state index contributed by atoms with van der Waals surface area (Å²) in [7, 11) is 1.82. The van der Waals surface area contributed by atoms with Gasteiger partial charge in [-0.25, -0.2) is 4.63 Å².